The Labute approximate surface area is 148 Å². The molecule has 2 heterocycles. The number of nitrogens with zero attached hydrogens (tertiary/aromatic N) is 2. The first-order chi connectivity index (χ1) is 12.0. The van der Waals surface area contributed by atoms with Crippen molar-refractivity contribution in [1.82, 2.24) is 9.55 Å². The summed E-state index contributed by atoms with van der Waals surface area (Å²) in [5, 5.41) is 9.71. The molecule has 2 aromatic heterocycles. The van der Waals surface area contributed by atoms with Gasteiger partial charge in [0.05, 0.1) is 18.5 Å². The average molecular weight is 358 g/mol. The van der Waals surface area contributed by atoms with E-state index in [1.54, 1.807) is 18.6 Å². The van der Waals surface area contributed by atoms with E-state index >= 15 is 0 Å². The van der Waals surface area contributed by atoms with Crippen LogP contribution in [0.4, 0.5) is 0 Å². The lowest BCUT2D eigenvalue weighted by Gasteiger charge is -2.12. The number of rotatable bonds is 6. The molecule has 0 amide bonds. The summed E-state index contributed by atoms with van der Waals surface area (Å²) in [6.07, 6.45) is 0.495. The van der Waals surface area contributed by atoms with Gasteiger partial charge in [0.2, 0.25) is 0 Å². The Morgan fingerprint density at radius 3 is 2.68 bits per heavy atom. The second kappa shape index (κ2) is 7.16. The normalized spacial score (nSPS) is 11.1. The molecule has 0 aliphatic heterocycles. The topological polar surface area (TPSA) is 81.4 Å². The van der Waals surface area contributed by atoms with E-state index in [1.165, 1.54) is 0 Å². The molecular formula is C18H18N2O4S. The van der Waals surface area contributed by atoms with Crippen molar-refractivity contribution in [2.75, 3.05) is 13.7 Å². The summed E-state index contributed by atoms with van der Waals surface area (Å²) in [7, 11) is 1.58. The Hall–Kier alpha value is -2.51. The number of hydrogen-bond acceptors (Lipinski definition) is 5. The van der Waals surface area contributed by atoms with Crippen molar-refractivity contribution in [2.24, 2.45) is 0 Å². The summed E-state index contributed by atoms with van der Waals surface area (Å²) in [5.74, 6) is -0.424. The van der Waals surface area contributed by atoms with Gasteiger partial charge in [-0.25, -0.2) is 9.78 Å². The summed E-state index contributed by atoms with van der Waals surface area (Å²) in [5.41, 5.74) is 1.29. The van der Waals surface area contributed by atoms with E-state index in [0.717, 1.165) is 16.9 Å². The number of carboxylic acids is 1. The van der Waals surface area contributed by atoms with E-state index in [-0.39, 0.29) is 10.4 Å². The quantitative estimate of drug-likeness (QED) is 0.733. The molecule has 0 fully saturated rings. The average Bonchev–Trinajstić information content (AvgIpc) is 2.92. The summed E-state index contributed by atoms with van der Waals surface area (Å²) < 4.78 is 6.70. The Balaban J connectivity index is 2.20. The molecule has 6 nitrogen and oxygen atoms in total. The highest BCUT2D eigenvalue weighted by Gasteiger charge is 2.21. The number of benzene rings is 1. The second-order valence-electron chi connectivity index (χ2n) is 5.68. The lowest BCUT2D eigenvalue weighted by Crippen LogP contribution is -2.27. The number of aromatic nitrogens is 2. The standard InChI is InChI=1S/C18H18N2O4S/c1-11-14-16(25-15(11)18(22)23)19-13(10-12-6-4-3-5-7-12)20(17(14)21)8-9-24-2/h3-7H,8-10H2,1-2H3,(H,22,23). The number of thiophene rings is 1. The predicted molar refractivity (Wildman–Crippen MR) is 96.7 cm³/mol. The van der Waals surface area contributed by atoms with Gasteiger partial charge in [-0.3, -0.25) is 9.36 Å². The molecule has 1 aromatic carbocycles. The first-order valence-corrected chi connectivity index (χ1v) is 8.63. The fourth-order valence-corrected chi connectivity index (χ4v) is 3.82. The van der Waals surface area contributed by atoms with Gasteiger partial charge in [-0.15, -0.1) is 11.3 Å². The molecule has 3 rings (SSSR count). The molecule has 130 valence electrons. The molecule has 0 unspecified atom stereocenters. The molecule has 7 heteroatoms. The summed E-state index contributed by atoms with van der Waals surface area (Å²) in [4.78, 5) is 29.6. The zero-order valence-electron chi connectivity index (χ0n) is 14.0. The summed E-state index contributed by atoms with van der Waals surface area (Å²) >= 11 is 1.05. The molecule has 0 saturated heterocycles. The molecule has 0 atom stereocenters. The molecule has 0 radical (unpaired) electrons. The molecule has 0 spiro atoms. The molecule has 0 aliphatic rings. The smallest absolute Gasteiger partial charge is 0.346 e. The maximum atomic E-state index is 13.0. The predicted octanol–water partition coefficient (Wildman–Crippen LogP) is 2.70. The summed E-state index contributed by atoms with van der Waals surface area (Å²) in [6.45, 7) is 2.41. The van der Waals surface area contributed by atoms with E-state index in [1.807, 2.05) is 30.3 Å². The Kier molecular flexibility index (Phi) is 4.96. The van der Waals surface area contributed by atoms with Crippen LogP contribution >= 0.6 is 11.3 Å². The van der Waals surface area contributed by atoms with Crippen LogP contribution in [-0.2, 0) is 17.7 Å². The molecule has 0 aliphatic carbocycles. The molecule has 0 saturated carbocycles. The molecule has 3 aromatic rings. The van der Waals surface area contributed by atoms with Crippen LogP contribution in [0, 0.1) is 6.92 Å². The minimum Gasteiger partial charge on any atom is -0.477 e. The highest BCUT2D eigenvalue weighted by Crippen LogP contribution is 2.27. The Bertz CT molecular complexity index is 976. The number of carbonyl (C=O) groups is 1. The third-order valence-electron chi connectivity index (χ3n) is 4.05. The van der Waals surface area contributed by atoms with Gasteiger partial charge in [0, 0.05) is 13.5 Å². The zero-order valence-corrected chi connectivity index (χ0v) is 14.8. The number of aromatic carboxylic acids is 1. The zero-order chi connectivity index (χ0) is 18.0. The fourth-order valence-electron chi connectivity index (χ4n) is 2.79. The van der Waals surface area contributed by atoms with Crippen LogP contribution in [0.2, 0.25) is 0 Å². The van der Waals surface area contributed by atoms with Crippen molar-refractivity contribution >= 4 is 27.5 Å². The number of ether oxygens (including phenoxy) is 1. The molecule has 25 heavy (non-hydrogen) atoms. The van der Waals surface area contributed by atoms with Crippen LogP contribution in [0.15, 0.2) is 35.1 Å². The number of carboxylic acid groups (broad SMARTS) is 1. The third kappa shape index (κ3) is 3.33. The van der Waals surface area contributed by atoms with E-state index in [9.17, 15) is 14.7 Å². The molecule has 1 N–H and O–H groups in total. The maximum absolute atomic E-state index is 13.0. The first-order valence-electron chi connectivity index (χ1n) is 7.82. The van der Waals surface area contributed by atoms with Crippen molar-refractivity contribution < 1.29 is 14.6 Å². The van der Waals surface area contributed by atoms with Crippen LogP contribution in [0.3, 0.4) is 0 Å². The van der Waals surface area contributed by atoms with Crippen LogP contribution in [0.25, 0.3) is 10.2 Å². The minimum absolute atomic E-state index is 0.162. The largest absolute Gasteiger partial charge is 0.477 e. The molecule has 0 bridgehead atoms. The Morgan fingerprint density at radius 2 is 2.04 bits per heavy atom. The van der Waals surface area contributed by atoms with Gasteiger partial charge in [0.15, 0.2) is 0 Å². The van der Waals surface area contributed by atoms with Crippen molar-refractivity contribution in [1.29, 1.82) is 0 Å². The van der Waals surface area contributed by atoms with Gasteiger partial charge in [0.1, 0.15) is 15.5 Å². The van der Waals surface area contributed by atoms with Crippen LogP contribution in [-0.4, -0.2) is 34.3 Å². The van der Waals surface area contributed by atoms with Gasteiger partial charge in [0.25, 0.3) is 5.56 Å². The second-order valence-corrected chi connectivity index (χ2v) is 6.68. The number of methoxy groups -OCH3 is 1. The lowest BCUT2D eigenvalue weighted by atomic mass is 10.1. The van der Waals surface area contributed by atoms with Gasteiger partial charge in [-0.05, 0) is 18.1 Å². The molecular weight excluding hydrogens is 340 g/mol. The monoisotopic (exact) mass is 358 g/mol. The van der Waals surface area contributed by atoms with E-state index in [2.05, 4.69) is 4.98 Å². The van der Waals surface area contributed by atoms with E-state index < -0.39 is 5.97 Å². The van der Waals surface area contributed by atoms with Gasteiger partial charge >= 0.3 is 5.97 Å². The highest BCUT2D eigenvalue weighted by atomic mass is 32.1. The first kappa shape index (κ1) is 17.3. The van der Waals surface area contributed by atoms with Crippen molar-refractivity contribution in [3.8, 4) is 0 Å². The maximum Gasteiger partial charge on any atom is 0.346 e. The fraction of sp³-hybridized carbons (Fsp3) is 0.278. The number of hydrogen-bond donors (Lipinski definition) is 1. The highest BCUT2D eigenvalue weighted by molar-refractivity contribution is 7.20. The van der Waals surface area contributed by atoms with Crippen molar-refractivity contribution in [3.63, 3.8) is 0 Å². The lowest BCUT2D eigenvalue weighted by molar-refractivity contribution is 0.0701. The van der Waals surface area contributed by atoms with E-state index in [0.29, 0.717) is 41.2 Å². The number of fused-ring (bicyclic) bond motifs is 1. The SMILES string of the molecule is COCCn1c(Cc2ccccc2)nc2sc(C(=O)O)c(C)c2c1=O. The number of aryl methyl sites for hydroxylation is 1. The third-order valence-corrected chi connectivity index (χ3v) is 5.22. The van der Waals surface area contributed by atoms with Crippen LogP contribution in [0.1, 0.15) is 26.6 Å². The van der Waals surface area contributed by atoms with Crippen LogP contribution in [0.5, 0.6) is 0 Å². The van der Waals surface area contributed by atoms with E-state index in [4.69, 9.17) is 4.74 Å². The van der Waals surface area contributed by atoms with Gasteiger partial charge in [-0.1, -0.05) is 30.3 Å². The minimum atomic E-state index is -1.03. The van der Waals surface area contributed by atoms with Crippen molar-refractivity contribution in [3.05, 3.63) is 62.5 Å². The van der Waals surface area contributed by atoms with Crippen LogP contribution < -0.4 is 5.56 Å². The van der Waals surface area contributed by atoms with Crippen molar-refractivity contribution in [2.45, 2.75) is 19.9 Å². The van der Waals surface area contributed by atoms with Gasteiger partial charge in [-0.2, -0.15) is 0 Å². The summed E-state index contributed by atoms with van der Waals surface area (Å²) in [6, 6.07) is 9.74. The Morgan fingerprint density at radius 1 is 1.32 bits per heavy atom. The van der Waals surface area contributed by atoms with Gasteiger partial charge < -0.3 is 9.84 Å².